The quantitative estimate of drug-likeness (QED) is 0.125. The average molecular weight is 602 g/mol. The molecule has 0 unspecified atom stereocenters. The summed E-state index contributed by atoms with van der Waals surface area (Å²) in [6.07, 6.45) is 3.98. The smallest absolute Gasteiger partial charge is 0.186 e. The number of ether oxygens (including phenoxy) is 6. The van der Waals surface area contributed by atoms with Gasteiger partial charge in [0.15, 0.2) is 6.29 Å². The van der Waals surface area contributed by atoms with Crippen LogP contribution in [0.5, 0.6) is 0 Å². The molecular formula is C37H47NO6. The lowest BCUT2D eigenvalue weighted by Crippen LogP contribution is -2.62. The molecule has 7 nitrogen and oxygen atoms in total. The van der Waals surface area contributed by atoms with Crippen molar-refractivity contribution in [1.82, 2.24) is 0 Å². The van der Waals surface area contributed by atoms with Crippen LogP contribution >= 0.6 is 0 Å². The zero-order valence-corrected chi connectivity index (χ0v) is 25.9. The van der Waals surface area contributed by atoms with Gasteiger partial charge < -0.3 is 28.4 Å². The Morgan fingerprint density at radius 1 is 0.614 bits per heavy atom. The standard InChI is InChI=1S/C37H47NO6/c1-2-3-4-5-6-16-24-41-37-36(43-28-32-21-14-9-15-22-32)35(42-27-31-19-12-8-13-20-31)34(40-25-23-38)33(44-37)29-39-26-30-17-10-7-11-18-30/h7-15,17-22,33-37H,2-6,16,24-29H2,1H3/t33-,34-,35+,36-,37-/m1/s1. The van der Waals surface area contributed by atoms with Gasteiger partial charge in [-0.15, -0.1) is 0 Å². The third-order valence-electron chi connectivity index (χ3n) is 7.68. The van der Waals surface area contributed by atoms with Gasteiger partial charge >= 0.3 is 0 Å². The van der Waals surface area contributed by atoms with Gasteiger partial charge in [0.25, 0.3) is 0 Å². The summed E-state index contributed by atoms with van der Waals surface area (Å²) in [5.74, 6) is 0. The molecule has 0 bridgehead atoms. The van der Waals surface area contributed by atoms with Crippen molar-refractivity contribution in [3.8, 4) is 6.07 Å². The lowest BCUT2D eigenvalue weighted by atomic mass is 9.98. The molecule has 1 aliphatic rings. The molecule has 0 spiro atoms. The molecule has 0 saturated carbocycles. The maximum Gasteiger partial charge on any atom is 0.186 e. The summed E-state index contributed by atoms with van der Waals surface area (Å²) < 4.78 is 38.4. The Morgan fingerprint density at radius 2 is 1.16 bits per heavy atom. The average Bonchev–Trinajstić information content (AvgIpc) is 3.07. The van der Waals surface area contributed by atoms with Crippen molar-refractivity contribution in [2.24, 2.45) is 0 Å². The van der Waals surface area contributed by atoms with Crippen molar-refractivity contribution < 1.29 is 28.4 Å². The van der Waals surface area contributed by atoms with E-state index >= 15 is 0 Å². The Morgan fingerprint density at radius 3 is 1.75 bits per heavy atom. The molecule has 0 aliphatic carbocycles. The van der Waals surface area contributed by atoms with Gasteiger partial charge in [0.05, 0.1) is 32.5 Å². The Bertz CT molecular complexity index is 1190. The predicted octanol–water partition coefficient (Wildman–Crippen LogP) is 7.38. The van der Waals surface area contributed by atoms with Gasteiger partial charge in [0, 0.05) is 6.61 Å². The molecule has 1 aliphatic heterocycles. The zero-order valence-electron chi connectivity index (χ0n) is 25.9. The van der Waals surface area contributed by atoms with Crippen molar-refractivity contribution in [3.63, 3.8) is 0 Å². The molecular weight excluding hydrogens is 554 g/mol. The summed E-state index contributed by atoms with van der Waals surface area (Å²) in [5.41, 5.74) is 3.13. The summed E-state index contributed by atoms with van der Waals surface area (Å²) in [6.45, 7) is 4.06. The van der Waals surface area contributed by atoms with Crippen molar-refractivity contribution in [2.75, 3.05) is 19.8 Å². The Hall–Kier alpha value is -3.09. The highest BCUT2D eigenvalue weighted by Crippen LogP contribution is 2.31. The van der Waals surface area contributed by atoms with E-state index in [1.54, 1.807) is 0 Å². The highest BCUT2D eigenvalue weighted by molar-refractivity contribution is 5.15. The van der Waals surface area contributed by atoms with Crippen molar-refractivity contribution in [1.29, 1.82) is 5.26 Å². The Labute approximate surface area is 263 Å². The van der Waals surface area contributed by atoms with Crippen LogP contribution in [0.4, 0.5) is 0 Å². The van der Waals surface area contributed by atoms with E-state index in [2.05, 4.69) is 13.0 Å². The topological polar surface area (TPSA) is 79.2 Å². The summed E-state index contributed by atoms with van der Waals surface area (Å²) in [7, 11) is 0. The van der Waals surface area contributed by atoms with Gasteiger partial charge in [-0.3, -0.25) is 0 Å². The molecule has 1 saturated heterocycles. The molecule has 44 heavy (non-hydrogen) atoms. The lowest BCUT2D eigenvalue weighted by Gasteiger charge is -2.45. The number of hydrogen-bond acceptors (Lipinski definition) is 7. The number of benzene rings is 3. The molecule has 0 N–H and O–H groups in total. The fourth-order valence-electron chi connectivity index (χ4n) is 5.33. The van der Waals surface area contributed by atoms with Gasteiger partial charge in [-0.2, -0.15) is 5.26 Å². The number of nitrogens with zero attached hydrogens (tertiary/aromatic N) is 1. The number of hydrogen-bond donors (Lipinski definition) is 0. The molecule has 0 aromatic heterocycles. The Kier molecular flexibility index (Phi) is 15.4. The van der Waals surface area contributed by atoms with Gasteiger partial charge in [-0.1, -0.05) is 130 Å². The SMILES string of the molecule is CCCCCCCCO[C@@H]1O[C@H](COCc2ccccc2)[C@@H](OCC#N)[C@H](OCc2ccccc2)[C@H]1OCc1ccccc1. The fraction of sp³-hybridized carbons (Fsp3) is 0.486. The van der Waals surface area contributed by atoms with Crippen molar-refractivity contribution in [2.45, 2.75) is 96.0 Å². The van der Waals surface area contributed by atoms with E-state index in [4.69, 9.17) is 28.4 Å². The molecule has 1 heterocycles. The van der Waals surface area contributed by atoms with Crippen LogP contribution in [0, 0.1) is 11.3 Å². The summed E-state index contributed by atoms with van der Waals surface area (Å²) in [4.78, 5) is 0. The van der Waals surface area contributed by atoms with Crippen LogP contribution in [0.25, 0.3) is 0 Å². The maximum atomic E-state index is 9.45. The van der Waals surface area contributed by atoms with Crippen LogP contribution in [-0.2, 0) is 48.2 Å². The fourth-order valence-corrected chi connectivity index (χ4v) is 5.33. The second-order valence-electron chi connectivity index (χ2n) is 11.1. The highest BCUT2D eigenvalue weighted by atomic mass is 16.7. The molecule has 236 valence electrons. The Balaban J connectivity index is 1.53. The molecule has 5 atom stereocenters. The lowest BCUT2D eigenvalue weighted by molar-refractivity contribution is -0.326. The van der Waals surface area contributed by atoms with E-state index in [0.717, 1.165) is 29.5 Å². The van der Waals surface area contributed by atoms with Crippen LogP contribution in [-0.4, -0.2) is 50.5 Å². The number of unbranched alkanes of at least 4 members (excludes halogenated alkanes) is 5. The first-order valence-electron chi connectivity index (χ1n) is 16.0. The maximum absolute atomic E-state index is 9.45. The van der Waals surface area contributed by atoms with Gasteiger partial charge in [0.2, 0.25) is 0 Å². The molecule has 3 aromatic carbocycles. The number of nitriles is 1. The third kappa shape index (κ3) is 11.4. The minimum absolute atomic E-state index is 0.108. The summed E-state index contributed by atoms with van der Waals surface area (Å²) in [5, 5.41) is 9.45. The molecule has 7 heteroatoms. The minimum atomic E-state index is -0.692. The van der Waals surface area contributed by atoms with E-state index in [1.165, 1.54) is 25.7 Å². The van der Waals surface area contributed by atoms with Crippen LogP contribution in [0.2, 0.25) is 0 Å². The first-order chi connectivity index (χ1) is 21.8. The largest absolute Gasteiger partial charge is 0.374 e. The van der Waals surface area contributed by atoms with Gasteiger partial charge in [0.1, 0.15) is 31.0 Å². The minimum Gasteiger partial charge on any atom is -0.374 e. The van der Waals surface area contributed by atoms with E-state index < -0.39 is 30.7 Å². The summed E-state index contributed by atoms with van der Waals surface area (Å²) in [6, 6.07) is 32.1. The van der Waals surface area contributed by atoms with E-state index in [0.29, 0.717) is 26.4 Å². The zero-order chi connectivity index (χ0) is 30.7. The van der Waals surface area contributed by atoms with Crippen LogP contribution in [0.15, 0.2) is 91.0 Å². The van der Waals surface area contributed by atoms with Crippen molar-refractivity contribution in [3.05, 3.63) is 108 Å². The second kappa shape index (κ2) is 20.0. The van der Waals surface area contributed by atoms with E-state index in [-0.39, 0.29) is 13.2 Å². The monoisotopic (exact) mass is 601 g/mol. The van der Waals surface area contributed by atoms with E-state index in [9.17, 15) is 5.26 Å². The first-order valence-corrected chi connectivity index (χ1v) is 16.0. The molecule has 1 fully saturated rings. The van der Waals surface area contributed by atoms with Gasteiger partial charge in [-0.05, 0) is 23.1 Å². The molecule has 3 aromatic rings. The first kappa shape index (κ1) is 33.8. The van der Waals surface area contributed by atoms with Crippen molar-refractivity contribution >= 4 is 0 Å². The summed E-state index contributed by atoms with van der Waals surface area (Å²) >= 11 is 0. The predicted molar refractivity (Wildman–Crippen MR) is 169 cm³/mol. The molecule has 0 amide bonds. The third-order valence-corrected chi connectivity index (χ3v) is 7.68. The number of rotatable bonds is 20. The van der Waals surface area contributed by atoms with Crippen LogP contribution in [0.3, 0.4) is 0 Å². The van der Waals surface area contributed by atoms with E-state index in [1.807, 2.05) is 91.0 Å². The normalized spacial score (nSPS) is 21.6. The van der Waals surface area contributed by atoms with Gasteiger partial charge in [-0.25, -0.2) is 0 Å². The second-order valence-corrected chi connectivity index (χ2v) is 11.1. The molecule has 0 radical (unpaired) electrons. The molecule has 4 rings (SSSR count). The van der Waals surface area contributed by atoms with Crippen LogP contribution < -0.4 is 0 Å². The highest BCUT2D eigenvalue weighted by Gasteiger charge is 2.49. The van der Waals surface area contributed by atoms with Crippen LogP contribution in [0.1, 0.15) is 62.1 Å².